The molecule has 0 aromatic carbocycles. The summed E-state index contributed by atoms with van der Waals surface area (Å²) in [7, 11) is -4.64. The van der Waals surface area contributed by atoms with Crippen LogP contribution in [0.15, 0.2) is 0 Å². The normalized spacial score (nSPS) is 8.43. The van der Waals surface area contributed by atoms with Crippen LogP contribution >= 0.6 is 7.82 Å². The zero-order valence-electron chi connectivity index (χ0n) is 5.48. The van der Waals surface area contributed by atoms with E-state index < -0.39 is 7.82 Å². The Labute approximate surface area is 112 Å². The third-order valence-corrected chi connectivity index (χ3v) is 0. The zero-order chi connectivity index (χ0) is 4.50. The molecule has 0 bridgehead atoms. The largest absolute Gasteiger partial charge is 2.00 e. The first-order valence-electron chi connectivity index (χ1n) is 0.783. The van der Waals surface area contributed by atoms with E-state index in [4.69, 9.17) is 19.2 Å². The molecule has 0 saturated carbocycles. The van der Waals surface area contributed by atoms with Gasteiger partial charge in [0.15, 0.2) is 0 Å². The molecule has 0 aromatic heterocycles. The number of hydrogen-bond donors (Lipinski definition) is 3. The van der Waals surface area contributed by atoms with Crippen molar-refractivity contribution >= 4 is 56.7 Å². The molecule has 7 heteroatoms. The summed E-state index contributed by atoms with van der Waals surface area (Å²) in [5.41, 5.74) is 0. The minimum absolute atomic E-state index is 0. The van der Waals surface area contributed by atoms with Crippen LogP contribution < -0.4 is 0 Å². The van der Waals surface area contributed by atoms with E-state index in [1.54, 1.807) is 0 Å². The fourth-order valence-corrected chi connectivity index (χ4v) is 0. The molecular weight excluding hydrogens is 371 g/mol. The maximum absolute atomic E-state index is 8.88. The maximum atomic E-state index is 8.88. The van der Waals surface area contributed by atoms with Crippen LogP contribution in [0.4, 0.5) is 0 Å². The van der Waals surface area contributed by atoms with Gasteiger partial charge in [0.05, 0.1) is 0 Å². The number of hydrogen-bond acceptors (Lipinski definition) is 1. The van der Waals surface area contributed by atoms with Gasteiger partial charge in [-0.2, -0.15) is 0 Å². The third kappa shape index (κ3) is 50.7. The fraction of sp³-hybridized carbons (Fsp3) is 0. The molecule has 0 fully saturated rings. The second kappa shape index (κ2) is 6.99. The Morgan fingerprint density at radius 2 is 1.29 bits per heavy atom. The first-order chi connectivity index (χ1) is 2.00. The van der Waals surface area contributed by atoms with Gasteiger partial charge in [0.1, 0.15) is 0 Å². The van der Waals surface area contributed by atoms with E-state index in [0.717, 1.165) is 0 Å². The van der Waals surface area contributed by atoms with Crippen LogP contribution in [0.1, 0.15) is 2.85 Å². The summed E-state index contributed by atoms with van der Waals surface area (Å²) in [4.78, 5) is 21.6. The average Bonchev–Trinajstić information content (AvgIpc) is 0.722. The van der Waals surface area contributed by atoms with Crippen molar-refractivity contribution < 1.29 is 57.7 Å². The Kier molecular flexibility index (Phi) is 16.4. The van der Waals surface area contributed by atoms with Crippen molar-refractivity contribution in [3.63, 3.8) is 0 Å². The molecule has 7 heavy (non-hydrogen) atoms. The number of rotatable bonds is 0. The Morgan fingerprint density at radius 1 is 1.29 bits per heavy atom. The second-order valence-electron chi connectivity index (χ2n) is 0.513. The minimum atomic E-state index is -4.64. The third-order valence-electron chi connectivity index (χ3n) is 0. The monoisotopic (exact) mass is 377 g/mol. The molecule has 0 amide bonds. The van der Waals surface area contributed by atoms with Crippen LogP contribution in [0.25, 0.3) is 0 Å². The summed E-state index contributed by atoms with van der Waals surface area (Å²) in [5, 5.41) is 0. The zero-order valence-corrected chi connectivity index (χ0v) is 12.4. The SMILES string of the molecule is O=P(O)(O)O.[Ba+2].[H-].[H-].[La]. The van der Waals surface area contributed by atoms with E-state index in [9.17, 15) is 0 Å². The van der Waals surface area contributed by atoms with E-state index in [0.29, 0.717) is 0 Å². The van der Waals surface area contributed by atoms with Crippen molar-refractivity contribution in [3.05, 3.63) is 0 Å². The van der Waals surface area contributed by atoms with E-state index in [2.05, 4.69) is 0 Å². The summed E-state index contributed by atoms with van der Waals surface area (Å²) in [6.07, 6.45) is 0. The molecule has 0 aliphatic rings. The van der Waals surface area contributed by atoms with Crippen molar-refractivity contribution in [1.82, 2.24) is 0 Å². The van der Waals surface area contributed by atoms with Gasteiger partial charge in [0.25, 0.3) is 0 Å². The topological polar surface area (TPSA) is 77.8 Å². The molecule has 0 aliphatic carbocycles. The molecule has 0 unspecified atom stereocenters. The predicted molar refractivity (Wildman–Crippen MR) is 22.2 cm³/mol. The Bertz CT molecular complexity index is 64.7. The predicted octanol–water partition coefficient (Wildman–Crippen LogP) is -1.08. The Morgan fingerprint density at radius 3 is 1.29 bits per heavy atom. The summed E-state index contributed by atoms with van der Waals surface area (Å²) < 4.78 is 8.88. The van der Waals surface area contributed by atoms with Crippen molar-refractivity contribution in [3.8, 4) is 0 Å². The molecule has 0 aromatic rings. The Hall–Kier alpha value is 2.88. The van der Waals surface area contributed by atoms with Crippen molar-refractivity contribution in [2.45, 2.75) is 0 Å². The van der Waals surface area contributed by atoms with E-state index in [1.807, 2.05) is 0 Å². The van der Waals surface area contributed by atoms with Gasteiger partial charge in [-0.15, -0.1) is 0 Å². The molecule has 0 aliphatic heterocycles. The van der Waals surface area contributed by atoms with Gasteiger partial charge in [-0.05, 0) is 0 Å². The van der Waals surface area contributed by atoms with Gasteiger partial charge in [0.2, 0.25) is 0 Å². The van der Waals surface area contributed by atoms with Crippen molar-refractivity contribution in [2.24, 2.45) is 0 Å². The molecule has 39 valence electrons. The van der Waals surface area contributed by atoms with Gasteiger partial charge >= 0.3 is 56.7 Å². The van der Waals surface area contributed by atoms with Gasteiger partial charge in [-0.1, -0.05) is 0 Å². The summed E-state index contributed by atoms with van der Waals surface area (Å²) in [5.74, 6) is 0. The average molecular weight is 376 g/mol. The van der Waals surface area contributed by atoms with Crippen LogP contribution in [0.3, 0.4) is 0 Å². The summed E-state index contributed by atoms with van der Waals surface area (Å²) >= 11 is 0. The van der Waals surface area contributed by atoms with Crippen LogP contribution in [0.5, 0.6) is 0 Å². The smallest absolute Gasteiger partial charge is 1.00 e. The van der Waals surface area contributed by atoms with Crippen LogP contribution in [0.2, 0.25) is 0 Å². The maximum Gasteiger partial charge on any atom is 2.00 e. The molecule has 0 rings (SSSR count). The Balaban J connectivity index is -0.0000000133. The van der Waals surface area contributed by atoms with E-state index >= 15 is 0 Å². The summed E-state index contributed by atoms with van der Waals surface area (Å²) in [6, 6.07) is 0. The van der Waals surface area contributed by atoms with Crippen LogP contribution in [-0.2, 0) is 4.57 Å². The standard InChI is InChI=1S/Ba.La.H3O4P.2H/c;;1-5(2,3)4;;/h;;(H3,1,2,3,4);;/q+2;;;2*-1. The molecular formula is H5BaLaO4P. The second-order valence-corrected chi connectivity index (χ2v) is 1.54. The molecule has 1 radical (unpaired) electrons. The van der Waals surface area contributed by atoms with Gasteiger partial charge in [-0.25, -0.2) is 4.57 Å². The van der Waals surface area contributed by atoms with Gasteiger partial charge in [-0.3, -0.25) is 0 Å². The van der Waals surface area contributed by atoms with E-state index in [1.165, 1.54) is 0 Å². The molecule has 3 N–H and O–H groups in total. The van der Waals surface area contributed by atoms with E-state index in [-0.39, 0.29) is 87.3 Å². The van der Waals surface area contributed by atoms with Gasteiger partial charge in [0, 0.05) is 35.6 Å². The van der Waals surface area contributed by atoms with Gasteiger partial charge < -0.3 is 17.5 Å². The first kappa shape index (κ1) is 16.5. The molecule has 0 saturated heterocycles. The molecule has 4 nitrogen and oxygen atoms in total. The quantitative estimate of drug-likeness (QED) is 0.371. The fourth-order valence-electron chi connectivity index (χ4n) is 0. The minimum Gasteiger partial charge on any atom is -1.00 e. The number of phosphoric acid groups is 1. The molecule has 0 atom stereocenters. The first-order valence-corrected chi connectivity index (χ1v) is 2.35. The van der Waals surface area contributed by atoms with Crippen LogP contribution in [-0.4, -0.2) is 63.6 Å². The molecule has 0 heterocycles. The van der Waals surface area contributed by atoms with Crippen molar-refractivity contribution in [2.75, 3.05) is 0 Å². The summed E-state index contributed by atoms with van der Waals surface area (Å²) in [6.45, 7) is 0. The van der Waals surface area contributed by atoms with Crippen LogP contribution in [0, 0.1) is 35.6 Å². The van der Waals surface area contributed by atoms with Crippen molar-refractivity contribution in [1.29, 1.82) is 0 Å². The molecule has 0 spiro atoms.